The molecule has 3 nitrogen and oxygen atoms in total. The summed E-state index contributed by atoms with van der Waals surface area (Å²) in [6.45, 7) is 5.25. The van der Waals surface area contributed by atoms with Crippen molar-refractivity contribution < 1.29 is 4.79 Å². The van der Waals surface area contributed by atoms with E-state index in [2.05, 4.69) is 35.9 Å². The number of benzene rings is 1. The fourth-order valence-electron chi connectivity index (χ4n) is 2.19. The second-order valence-corrected chi connectivity index (χ2v) is 6.36. The van der Waals surface area contributed by atoms with Crippen LogP contribution >= 0.6 is 11.3 Å². The van der Waals surface area contributed by atoms with Crippen molar-refractivity contribution >= 4 is 17.2 Å². The number of rotatable bonds is 7. The maximum Gasteiger partial charge on any atom is 0.234 e. The molecule has 2 N–H and O–H groups in total. The van der Waals surface area contributed by atoms with Crippen LogP contribution in [0.4, 0.5) is 0 Å². The molecule has 0 saturated carbocycles. The first-order valence-electron chi connectivity index (χ1n) is 7.24. The van der Waals surface area contributed by atoms with Crippen molar-refractivity contribution in [3.05, 3.63) is 58.3 Å². The maximum absolute atomic E-state index is 11.9. The predicted molar refractivity (Wildman–Crippen MR) is 88.2 cm³/mol. The number of amides is 1. The molecule has 21 heavy (non-hydrogen) atoms. The normalized spacial score (nSPS) is 12.3. The third kappa shape index (κ3) is 4.99. The summed E-state index contributed by atoms with van der Waals surface area (Å²) in [5.74, 6) is 0.478. The fourth-order valence-corrected chi connectivity index (χ4v) is 3.17. The van der Waals surface area contributed by atoms with Crippen LogP contribution in [-0.4, -0.2) is 12.5 Å². The number of hydrogen-bond donors (Lipinski definition) is 2. The minimum Gasteiger partial charge on any atom is -0.351 e. The molecule has 1 amide bonds. The average Bonchev–Trinajstić information content (AvgIpc) is 3.00. The molecule has 0 aliphatic carbocycles. The summed E-state index contributed by atoms with van der Waals surface area (Å²) in [5.41, 5.74) is 1.12. The van der Waals surface area contributed by atoms with Crippen LogP contribution in [0.2, 0.25) is 0 Å². The molecule has 1 unspecified atom stereocenters. The molecule has 0 aliphatic rings. The number of hydrogen-bond acceptors (Lipinski definition) is 3. The molecule has 1 aromatic carbocycles. The smallest absolute Gasteiger partial charge is 0.234 e. The number of carbonyl (C=O) groups is 1. The minimum atomic E-state index is 0.0288. The average molecular weight is 302 g/mol. The van der Waals surface area contributed by atoms with Crippen LogP contribution < -0.4 is 10.6 Å². The molecule has 0 spiro atoms. The Balaban J connectivity index is 1.80. The van der Waals surface area contributed by atoms with Gasteiger partial charge in [0.15, 0.2) is 0 Å². The van der Waals surface area contributed by atoms with E-state index in [1.165, 1.54) is 4.88 Å². The zero-order valence-corrected chi connectivity index (χ0v) is 13.3. The maximum atomic E-state index is 11.9. The van der Waals surface area contributed by atoms with Gasteiger partial charge in [0.2, 0.25) is 5.91 Å². The Morgan fingerprint density at radius 1 is 1.14 bits per heavy atom. The summed E-state index contributed by atoms with van der Waals surface area (Å²) < 4.78 is 0. The van der Waals surface area contributed by atoms with Crippen molar-refractivity contribution in [1.82, 2.24) is 10.6 Å². The van der Waals surface area contributed by atoms with Crippen molar-refractivity contribution in [1.29, 1.82) is 0 Å². The molecule has 112 valence electrons. The Morgan fingerprint density at radius 3 is 2.52 bits per heavy atom. The van der Waals surface area contributed by atoms with Crippen LogP contribution in [0, 0.1) is 5.92 Å². The molecule has 1 atom stereocenters. The van der Waals surface area contributed by atoms with Gasteiger partial charge >= 0.3 is 0 Å². The van der Waals surface area contributed by atoms with Gasteiger partial charge in [0.05, 0.1) is 6.54 Å². The highest BCUT2D eigenvalue weighted by atomic mass is 32.1. The lowest BCUT2D eigenvalue weighted by molar-refractivity contribution is -0.120. The molecule has 2 aromatic rings. The highest BCUT2D eigenvalue weighted by Crippen LogP contribution is 2.25. The van der Waals surface area contributed by atoms with E-state index in [1.54, 1.807) is 11.3 Å². The molecule has 1 aromatic heterocycles. The van der Waals surface area contributed by atoms with E-state index in [0.717, 1.165) is 5.56 Å². The Kier molecular flexibility index (Phi) is 5.96. The molecule has 1 heterocycles. The van der Waals surface area contributed by atoms with Gasteiger partial charge in [-0.2, -0.15) is 0 Å². The SMILES string of the molecule is CC(C)C(NCC(=O)NCc1ccccc1)c1cccs1. The highest BCUT2D eigenvalue weighted by molar-refractivity contribution is 7.10. The molecule has 0 fully saturated rings. The van der Waals surface area contributed by atoms with Gasteiger partial charge in [-0.1, -0.05) is 50.2 Å². The zero-order chi connectivity index (χ0) is 15.1. The third-order valence-electron chi connectivity index (χ3n) is 3.33. The van der Waals surface area contributed by atoms with Crippen LogP contribution in [0.5, 0.6) is 0 Å². The molecule has 0 radical (unpaired) electrons. The topological polar surface area (TPSA) is 41.1 Å². The summed E-state index contributed by atoms with van der Waals surface area (Å²) in [4.78, 5) is 13.2. The van der Waals surface area contributed by atoms with Crippen LogP contribution in [0.15, 0.2) is 47.8 Å². The van der Waals surface area contributed by atoms with E-state index in [0.29, 0.717) is 19.0 Å². The van der Waals surface area contributed by atoms with Crippen molar-refractivity contribution in [2.24, 2.45) is 5.92 Å². The van der Waals surface area contributed by atoms with E-state index in [-0.39, 0.29) is 11.9 Å². The predicted octanol–water partition coefficient (Wildman–Crippen LogP) is 3.35. The second kappa shape index (κ2) is 7.96. The lowest BCUT2D eigenvalue weighted by atomic mass is 10.0. The number of thiophene rings is 1. The Labute approximate surface area is 130 Å². The quantitative estimate of drug-likeness (QED) is 0.823. The second-order valence-electron chi connectivity index (χ2n) is 5.38. The van der Waals surface area contributed by atoms with Gasteiger partial charge in [-0.15, -0.1) is 11.3 Å². The summed E-state index contributed by atoms with van der Waals surface area (Å²) >= 11 is 1.73. The molecule has 0 aliphatic heterocycles. The van der Waals surface area contributed by atoms with Crippen LogP contribution in [0.25, 0.3) is 0 Å². The Hall–Kier alpha value is -1.65. The minimum absolute atomic E-state index is 0.0288. The highest BCUT2D eigenvalue weighted by Gasteiger charge is 2.17. The fraction of sp³-hybridized carbons (Fsp3) is 0.353. The molecular weight excluding hydrogens is 280 g/mol. The van der Waals surface area contributed by atoms with Crippen molar-refractivity contribution in [3.63, 3.8) is 0 Å². The molecule has 0 bridgehead atoms. The molecule has 2 rings (SSSR count). The van der Waals surface area contributed by atoms with Crippen molar-refractivity contribution in [3.8, 4) is 0 Å². The Morgan fingerprint density at radius 2 is 1.90 bits per heavy atom. The largest absolute Gasteiger partial charge is 0.351 e. The van der Waals surface area contributed by atoms with E-state index in [1.807, 2.05) is 36.4 Å². The zero-order valence-electron chi connectivity index (χ0n) is 12.5. The Bertz CT molecular complexity index is 537. The van der Waals surface area contributed by atoms with Crippen molar-refractivity contribution in [2.75, 3.05) is 6.54 Å². The van der Waals surface area contributed by atoms with Gasteiger partial charge < -0.3 is 10.6 Å². The van der Waals surface area contributed by atoms with E-state index in [4.69, 9.17) is 0 Å². The van der Waals surface area contributed by atoms with Gasteiger partial charge in [0.1, 0.15) is 0 Å². The molecule has 0 saturated heterocycles. The van der Waals surface area contributed by atoms with E-state index < -0.39 is 0 Å². The van der Waals surface area contributed by atoms with Crippen LogP contribution in [-0.2, 0) is 11.3 Å². The van der Waals surface area contributed by atoms with Crippen LogP contribution in [0.1, 0.15) is 30.3 Å². The first-order chi connectivity index (χ1) is 10.2. The van der Waals surface area contributed by atoms with Gasteiger partial charge in [0.25, 0.3) is 0 Å². The standard InChI is InChI=1S/C17H22N2OS/c1-13(2)17(15-9-6-10-21-15)19-12-16(20)18-11-14-7-4-3-5-8-14/h3-10,13,17,19H,11-12H2,1-2H3,(H,18,20). The monoisotopic (exact) mass is 302 g/mol. The summed E-state index contributed by atoms with van der Waals surface area (Å²) in [7, 11) is 0. The third-order valence-corrected chi connectivity index (χ3v) is 4.29. The lowest BCUT2D eigenvalue weighted by Crippen LogP contribution is -2.36. The number of nitrogens with one attached hydrogen (secondary N) is 2. The first-order valence-corrected chi connectivity index (χ1v) is 8.12. The van der Waals surface area contributed by atoms with Gasteiger partial charge in [-0.05, 0) is 22.9 Å². The van der Waals surface area contributed by atoms with Crippen LogP contribution in [0.3, 0.4) is 0 Å². The van der Waals surface area contributed by atoms with Gasteiger partial charge in [-0.3, -0.25) is 4.79 Å². The molecular formula is C17H22N2OS. The van der Waals surface area contributed by atoms with Gasteiger partial charge in [-0.25, -0.2) is 0 Å². The lowest BCUT2D eigenvalue weighted by Gasteiger charge is -2.21. The summed E-state index contributed by atoms with van der Waals surface area (Å²) in [6, 6.07) is 14.3. The van der Waals surface area contributed by atoms with E-state index >= 15 is 0 Å². The van der Waals surface area contributed by atoms with Crippen molar-refractivity contribution in [2.45, 2.75) is 26.4 Å². The summed E-state index contributed by atoms with van der Waals surface area (Å²) in [5, 5.41) is 8.37. The van der Waals surface area contributed by atoms with Gasteiger partial charge in [0, 0.05) is 17.5 Å². The summed E-state index contributed by atoms with van der Waals surface area (Å²) in [6.07, 6.45) is 0. The van der Waals surface area contributed by atoms with E-state index in [9.17, 15) is 4.79 Å². The molecule has 4 heteroatoms. The first kappa shape index (κ1) is 15.7. The number of carbonyl (C=O) groups excluding carboxylic acids is 1.